The maximum atomic E-state index is 14.4. The molecule has 1 N–H and O–H groups in total. The van der Waals surface area contributed by atoms with E-state index in [4.69, 9.17) is 4.42 Å². The topological polar surface area (TPSA) is 76.2 Å². The van der Waals surface area contributed by atoms with Gasteiger partial charge in [-0.3, -0.25) is 9.78 Å². The lowest BCUT2D eigenvalue weighted by molar-refractivity contribution is -0.141. The number of benzene rings is 2. The van der Waals surface area contributed by atoms with Gasteiger partial charge < -0.3 is 9.52 Å². The van der Waals surface area contributed by atoms with Crippen molar-refractivity contribution in [2.24, 2.45) is 5.92 Å². The summed E-state index contributed by atoms with van der Waals surface area (Å²) in [4.78, 5) is 21.2. The number of aryl methyl sites for hydroxylation is 2. The first-order valence-electron chi connectivity index (χ1n) is 10.9. The molecule has 2 aromatic carbocycles. The van der Waals surface area contributed by atoms with Gasteiger partial charge in [-0.15, -0.1) is 0 Å². The normalized spacial score (nSPS) is 12.0. The van der Waals surface area contributed by atoms with Crippen molar-refractivity contribution in [3.05, 3.63) is 106 Å². The number of nitrogens with zero attached hydrogens (tertiary/aromatic N) is 2. The lowest BCUT2D eigenvalue weighted by atomic mass is 9.95. The van der Waals surface area contributed by atoms with Gasteiger partial charge in [-0.2, -0.15) is 0 Å². The van der Waals surface area contributed by atoms with Crippen LogP contribution < -0.4 is 0 Å². The van der Waals surface area contributed by atoms with E-state index in [0.717, 1.165) is 16.9 Å². The second kappa shape index (κ2) is 9.95. The Labute approximate surface area is 196 Å². The minimum Gasteiger partial charge on any atom is -0.481 e. The highest BCUT2D eigenvalue weighted by molar-refractivity contribution is 5.70. The fraction of sp³-hybridized carbons (Fsp3) is 0.222. The van der Waals surface area contributed by atoms with Crippen LogP contribution in [0.1, 0.15) is 34.0 Å². The Hall–Kier alpha value is -3.87. The molecule has 7 heteroatoms. The van der Waals surface area contributed by atoms with Crippen LogP contribution in [0.25, 0.3) is 11.3 Å². The van der Waals surface area contributed by atoms with Gasteiger partial charge in [0.1, 0.15) is 23.2 Å². The van der Waals surface area contributed by atoms with Crippen LogP contribution in [0.3, 0.4) is 0 Å². The van der Waals surface area contributed by atoms with Crippen LogP contribution in [0.5, 0.6) is 0 Å². The van der Waals surface area contributed by atoms with Gasteiger partial charge >= 0.3 is 5.97 Å². The van der Waals surface area contributed by atoms with Crippen LogP contribution in [0.4, 0.5) is 8.78 Å². The summed E-state index contributed by atoms with van der Waals surface area (Å²) in [5, 5.41) is 9.86. The van der Waals surface area contributed by atoms with E-state index in [-0.39, 0.29) is 24.8 Å². The second-order valence-corrected chi connectivity index (χ2v) is 8.29. The molecule has 174 valence electrons. The highest BCUT2D eigenvalue weighted by atomic mass is 19.1. The molecule has 0 amide bonds. The van der Waals surface area contributed by atoms with Crippen LogP contribution in [0.15, 0.2) is 65.2 Å². The van der Waals surface area contributed by atoms with Gasteiger partial charge in [0.25, 0.3) is 0 Å². The minimum absolute atomic E-state index is 0.0433. The van der Waals surface area contributed by atoms with Gasteiger partial charge in [0, 0.05) is 30.4 Å². The lowest BCUT2D eigenvalue weighted by Gasteiger charge is -2.15. The van der Waals surface area contributed by atoms with E-state index in [9.17, 15) is 18.7 Å². The Morgan fingerprint density at radius 1 is 1.00 bits per heavy atom. The number of halogens is 2. The molecule has 1 atom stereocenters. The zero-order valence-electron chi connectivity index (χ0n) is 18.9. The smallest absolute Gasteiger partial charge is 0.307 e. The number of carboxylic acid groups (broad SMARTS) is 1. The third kappa shape index (κ3) is 5.20. The fourth-order valence-electron chi connectivity index (χ4n) is 3.85. The molecule has 5 nitrogen and oxygen atoms in total. The van der Waals surface area contributed by atoms with E-state index in [2.05, 4.69) is 9.97 Å². The predicted molar refractivity (Wildman–Crippen MR) is 123 cm³/mol. The molecule has 34 heavy (non-hydrogen) atoms. The Balaban J connectivity index is 1.71. The fourth-order valence-corrected chi connectivity index (χ4v) is 3.85. The molecule has 0 spiro atoms. The van der Waals surface area contributed by atoms with Gasteiger partial charge in [-0.1, -0.05) is 36.4 Å². The largest absolute Gasteiger partial charge is 0.481 e. The Kier molecular flexibility index (Phi) is 6.82. The quantitative estimate of drug-likeness (QED) is 0.363. The summed E-state index contributed by atoms with van der Waals surface area (Å²) < 4.78 is 34.5. The molecule has 0 fully saturated rings. The molecule has 4 aromatic rings. The molecule has 0 bridgehead atoms. The highest BCUT2D eigenvalue weighted by Crippen LogP contribution is 2.25. The number of hydrogen-bond donors (Lipinski definition) is 1. The monoisotopic (exact) mass is 462 g/mol. The number of carboxylic acids is 1. The van der Waals surface area contributed by atoms with Crippen molar-refractivity contribution in [3.63, 3.8) is 0 Å². The predicted octanol–water partition coefficient (Wildman–Crippen LogP) is 5.71. The summed E-state index contributed by atoms with van der Waals surface area (Å²) in [6.07, 6.45) is 1.63. The first-order chi connectivity index (χ1) is 16.3. The first-order valence-corrected chi connectivity index (χ1v) is 10.9. The van der Waals surface area contributed by atoms with Crippen LogP contribution in [-0.2, 0) is 24.1 Å². The number of aromatic nitrogens is 2. The average molecular weight is 462 g/mol. The van der Waals surface area contributed by atoms with Gasteiger partial charge in [0.2, 0.25) is 0 Å². The van der Waals surface area contributed by atoms with Gasteiger partial charge in [-0.05, 0) is 37.6 Å². The molecule has 0 saturated heterocycles. The van der Waals surface area contributed by atoms with E-state index in [1.54, 1.807) is 6.20 Å². The van der Waals surface area contributed by atoms with Gasteiger partial charge in [0.05, 0.1) is 29.2 Å². The molecule has 0 radical (unpaired) electrons. The van der Waals surface area contributed by atoms with Crippen molar-refractivity contribution in [3.8, 4) is 11.3 Å². The van der Waals surface area contributed by atoms with E-state index in [1.165, 1.54) is 18.2 Å². The molecule has 0 saturated carbocycles. The standard InChI is InChI=1S/C27H24F2N2O3/c1-16-11-20(34-17(16)2)12-19(27(32)33)13-24-25(14-21-22(28)9-6-10-23(21)29)31-26(15-30-24)18-7-4-3-5-8-18/h3-11,15,19H,12-14H2,1-2H3,(H,32,33). The maximum Gasteiger partial charge on any atom is 0.307 e. The van der Waals surface area contributed by atoms with Gasteiger partial charge in [0.15, 0.2) is 0 Å². The Bertz CT molecular complexity index is 1280. The third-order valence-corrected chi connectivity index (χ3v) is 5.86. The number of carbonyl (C=O) groups is 1. The van der Waals surface area contributed by atoms with Gasteiger partial charge in [-0.25, -0.2) is 13.8 Å². The molecule has 1 unspecified atom stereocenters. The molecule has 0 aliphatic heterocycles. The van der Waals surface area contributed by atoms with E-state index >= 15 is 0 Å². The second-order valence-electron chi connectivity index (χ2n) is 8.29. The van der Waals surface area contributed by atoms with E-state index < -0.39 is 23.5 Å². The third-order valence-electron chi connectivity index (χ3n) is 5.86. The molecule has 0 aliphatic carbocycles. The zero-order chi connectivity index (χ0) is 24.2. The van der Waals surface area contributed by atoms with Crippen molar-refractivity contribution in [2.45, 2.75) is 33.1 Å². The van der Waals surface area contributed by atoms with Crippen LogP contribution >= 0.6 is 0 Å². The van der Waals surface area contributed by atoms with Crippen LogP contribution in [0, 0.1) is 31.4 Å². The average Bonchev–Trinajstić information content (AvgIpc) is 3.13. The van der Waals surface area contributed by atoms with E-state index in [0.29, 0.717) is 22.8 Å². The van der Waals surface area contributed by atoms with Crippen LogP contribution in [0.2, 0.25) is 0 Å². The first kappa shape index (κ1) is 23.3. The number of rotatable bonds is 8. The Morgan fingerprint density at radius 3 is 2.32 bits per heavy atom. The molecular formula is C27H24F2N2O3. The summed E-state index contributed by atoms with van der Waals surface area (Å²) in [5.74, 6) is -1.92. The maximum absolute atomic E-state index is 14.4. The van der Waals surface area contributed by atoms with Crippen LogP contribution in [-0.4, -0.2) is 21.0 Å². The summed E-state index contributed by atoms with van der Waals surface area (Å²) in [7, 11) is 0. The van der Waals surface area contributed by atoms with Crippen molar-refractivity contribution >= 4 is 5.97 Å². The van der Waals surface area contributed by atoms with Crippen molar-refractivity contribution < 1.29 is 23.1 Å². The number of furan rings is 1. The van der Waals surface area contributed by atoms with E-state index in [1.807, 2.05) is 50.2 Å². The zero-order valence-corrected chi connectivity index (χ0v) is 18.9. The van der Waals surface area contributed by atoms with Crippen molar-refractivity contribution in [1.82, 2.24) is 9.97 Å². The lowest BCUT2D eigenvalue weighted by Crippen LogP contribution is -2.21. The summed E-state index contributed by atoms with van der Waals surface area (Å²) in [6, 6.07) is 14.8. The molecule has 2 heterocycles. The SMILES string of the molecule is Cc1cc(CC(Cc2ncc(-c3ccccc3)nc2Cc2c(F)cccc2F)C(=O)O)oc1C. The highest BCUT2D eigenvalue weighted by Gasteiger charge is 2.24. The minimum atomic E-state index is -1.01. The summed E-state index contributed by atoms with van der Waals surface area (Å²) >= 11 is 0. The molecular weight excluding hydrogens is 438 g/mol. The number of aliphatic carboxylic acids is 1. The summed E-state index contributed by atoms with van der Waals surface area (Å²) in [6.45, 7) is 3.72. The molecule has 0 aliphatic rings. The van der Waals surface area contributed by atoms with Crippen molar-refractivity contribution in [2.75, 3.05) is 0 Å². The molecule has 2 aromatic heterocycles. The van der Waals surface area contributed by atoms with Crippen molar-refractivity contribution in [1.29, 1.82) is 0 Å². The number of hydrogen-bond acceptors (Lipinski definition) is 4. The summed E-state index contributed by atoms with van der Waals surface area (Å²) in [5.41, 5.74) is 2.88. The molecule has 4 rings (SSSR count). The Morgan fingerprint density at radius 2 is 1.71 bits per heavy atom.